The van der Waals surface area contributed by atoms with Gasteiger partial charge in [0, 0.05) is 5.54 Å². The normalized spacial score (nSPS) is 13.2. The lowest BCUT2D eigenvalue weighted by atomic mass is 10.1. The van der Waals surface area contributed by atoms with Gasteiger partial charge in [0.05, 0.1) is 0 Å². The van der Waals surface area contributed by atoms with E-state index in [1.165, 1.54) is 19.3 Å². The Bertz CT molecular complexity index is 209. The van der Waals surface area contributed by atoms with Gasteiger partial charge in [-0.2, -0.15) is 0 Å². The van der Waals surface area contributed by atoms with E-state index in [4.69, 9.17) is 4.74 Å². The zero-order valence-corrected chi connectivity index (χ0v) is 12.1. The van der Waals surface area contributed by atoms with Gasteiger partial charge in [0.2, 0.25) is 0 Å². The Hall–Kier alpha value is -0.730. The highest BCUT2D eigenvalue weighted by Crippen LogP contribution is 2.12. The molecule has 0 radical (unpaired) electrons. The second-order valence-electron chi connectivity index (χ2n) is 5.66. The van der Waals surface area contributed by atoms with Crippen LogP contribution in [0.2, 0.25) is 0 Å². The summed E-state index contributed by atoms with van der Waals surface area (Å²) in [5, 5.41) is 2.82. The minimum absolute atomic E-state index is 0.0641. The molecule has 0 aromatic carbocycles. The molecule has 0 rings (SSSR count). The Morgan fingerprint density at radius 3 is 2.29 bits per heavy atom. The molecule has 1 unspecified atom stereocenters. The molecule has 0 spiro atoms. The molecule has 0 aliphatic rings. The molecule has 0 heterocycles. The summed E-state index contributed by atoms with van der Waals surface area (Å²) in [5.74, 6) is 0. The van der Waals surface area contributed by atoms with Crippen molar-refractivity contribution in [2.45, 2.75) is 84.8 Å². The third-order valence-electron chi connectivity index (χ3n) is 2.59. The molecule has 1 N–H and O–H groups in total. The zero-order chi connectivity index (χ0) is 13.3. The molecule has 0 bridgehead atoms. The SMILES string of the molecule is CCCCCCC(CC)OC(=O)NC(C)(C)C. The lowest BCUT2D eigenvalue weighted by Gasteiger charge is -2.23. The van der Waals surface area contributed by atoms with Crippen molar-refractivity contribution in [3.05, 3.63) is 0 Å². The predicted octanol–water partition coefficient (Wildman–Crippen LogP) is 4.26. The molecule has 102 valence electrons. The van der Waals surface area contributed by atoms with Crippen molar-refractivity contribution >= 4 is 6.09 Å². The van der Waals surface area contributed by atoms with E-state index in [2.05, 4.69) is 19.2 Å². The van der Waals surface area contributed by atoms with Gasteiger partial charge in [0.25, 0.3) is 0 Å². The first-order valence-corrected chi connectivity index (χ1v) is 6.87. The summed E-state index contributed by atoms with van der Waals surface area (Å²) in [7, 11) is 0. The lowest BCUT2D eigenvalue weighted by Crippen LogP contribution is -2.42. The maximum absolute atomic E-state index is 11.6. The summed E-state index contributed by atoms with van der Waals surface area (Å²) < 4.78 is 5.41. The van der Waals surface area contributed by atoms with E-state index in [1.807, 2.05) is 20.8 Å². The summed E-state index contributed by atoms with van der Waals surface area (Å²) in [5.41, 5.74) is -0.225. The Morgan fingerprint density at radius 1 is 1.18 bits per heavy atom. The zero-order valence-electron chi connectivity index (χ0n) is 12.1. The van der Waals surface area contributed by atoms with E-state index in [0.717, 1.165) is 19.3 Å². The van der Waals surface area contributed by atoms with Gasteiger partial charge in [-0.25, -0.2) is 4.79 Å². The molecule has 3 heteroatoms. The highest BCUT2D eigenvalue weighted by molar-refractivity contribution is 5.68. The minimum Gasteiger partial charge on any atom is -0.446 e. The van der Waals surface area contributed by atoms with E-state index < -0.39 is 0 Å². The van der Waals surface area contributed by atoms with Gasteiger partial charge in [-0.15, -0.1) is 0 Å². The summed E-state index contributed by atoms with van der Waals surface area (Å²) in [6, 6.07) is 0. The van der Waals surface area contributed by atoms with Gasteiger partial charge in [0.1, 0.15) is 6.10 Å². The van der Waals surface area contributed by atoms with Crippen molar-refractivity contribution in [2.24, 2.45) is 0 Å². The van der Waals surface area contributed by atoms with Gasteiger partial charge in [-0.3, -0.25) is 0 Å². The Morgan fingerprint density at radius 2 is 1.82 bits per heavy atom. The smallest absolute Gasteiger partial charge is 0.407 e. The minimum atomic E-state index is -0.292. The topological polar surface area (TPSA) is 38.3 Å². The second-order valence-corrected chi connectivity index (χ2v) is 5.66. The van der Waals surface area contributed by atoms with Crippen LogP contribution in [-0.2, 0) is 4.74 Å². The average molecular weight is 243 g/mol. The standard InChI is InChI=1S/C14H29NO2/c1-6-8-9-10-11-12(7-2)17-13(16)15-14(3,4)5/h12H,6-11H2,1-5H3,(H,15,16). The first-order valence-electron chi connectivity index (χ1n) is 6.87. The monoisotopic (exact) mass is 243 g/mol. The molecule has 1 amide bonds. The van der Waals surface area contributed by atoms with Crippen LogP contribution in [-0.4, -0.2) is 17.7 Å². The number of hydrogen-bond donors (Lipinski definition) is 1. The summed E-state index contributed by atoms with van der Waals surface area (Å²) in [6.45, 7) is 10.1. The van der Waals surface area contributed by atoms with Crippen LogP contribution in [0.1, 0.15) is 73.1 Å². The molecule has 0 fully saturated rings. The number of carbonyl (C=O) groups excluding carboxylic acids is 1. The first kappa shape index (κ1) is 16.3. The quantitative estimate of drug-likeness (QED) is 0.678. The van der Waals surface area contributed by atoms with Gasteiger partial charge in [0.15, 0.2) is 0 Å². The number of amides is 1. The molecule has 0 aliphatic heterocycles. The Balaban J connectivity index is 3.83. The Kier molecular flexibility index (Phi) is 8.01. The summed E-state index contributed by atoms with van der Waals surface area (Å²) >= 11 is 0. The predicted molar refractivity (Wildman–Crippen MR) is 72.2 cm³/mol. The van der Waals surface area contributed by atoms with Crippen LogP contribution in [0, 0.1) is 0 Å². The number of hydrogen-bond acceptors (Lipinski definition) is 2. The van der Waals surface area contributed by atoms with Crippen LogP contribution in [0.25, 0.3) is 0 Å². The fourth-order valence-corrected chi connectivity index (χ4v) is 1.63. The number of ether oxygens (including phenoxy) is 1. The molecular weight excluding hydrogens is 214 g/mol. The van der Waals surface area contributed by atoms with E-state index >= 15 is 0 Å². The molecule has 3 nitrogen and oxygen atoms in total. The summed E-state index contributed by atoms with van der Waals surface area (Å²) in [6.07, 6.45) is 6.53. The summed E-state index contributed by atoms with van der Waals surface area (Å²) in [4.78, 5) is 11.6. The molecule has 0 saturated carbocycles. The van der Waals surface area contributed by atoms with Crippen molar-refractivity contribution in [2.75, 3.05) is 0 Å². The van der Waals surface area contributed by atoms with Gasteiger partial charge in [-0.05, 0) is 40.0 Å². The van der Waals surface area contributed by atoms with Crippen molar-refractivity contribution in [1.29, 1.82) is 0 Å². The molecular formula is C14H29NO2. The van der Waals surface area contributed by atoms with E-state index in [-0.39, 0.29) is 17.7 Å². The van der Waals surface area contributed by atoms with Crippen molar-refractivity contribution < 1.29 is 9.53 Å². The molecule has 1 atom stereocenters. The molecule has 0 aromatic heterocycles. The highest BCUT2D eigenvalue weighted by atomic mass is 16.6. The van der Waals surface area contributed by atoms with Crippen LogP contribution in [0.5, 0.6) is 0 Å². The number of carbonyl (C=O) groups is 1. The number of unbranched alkanes of at least 4 members (excludes halogenated alkanes) is 3. The van der Waals surface area contributed by atoms with Crippen LogP contribution in [0.3, 0.4) is 0 Å². The van der Waals surface area contributed by atoms with Gasteiger partial charge < -0.3 is 10.1 Å². The third-order valence-corrected chi connectivity index (χ3v) is 2.59. The largest absolute Gasteiger partial charge is 0.446 e. The third kappa shape index (κ3) is 10.2. The van der Waals surface area contributed by atoms with Crippen molar-refractivity contribution in [3.63, 3.8) is 0 Å². The molecule has 0 aromatic rings. The first-order chi connectivity index (χ1) is 7.89. The van der Waals surface area contributed by atoms with Crippen LogP contribution < -0.4 is 5.32 Å². The number of alkyl carbamates (subject to hydrolysis) is 1. The average Bonchev–Trinajstić information content (AvgIpc) is 2.20. The van der Waals surface area contributed by atoms with Gasteiger partial charge in [-0.1, -0.05) is 33.1 Å². The molecule has 0 saturated heterocycles. The fraction of sp³-hybridized carbons (Fsp3) is 0.929. The maximum atomic E-state index is 11.6. The molecule has 17 heavy (non-hydrogen) atoms. The number of nitrogens with one attached hydrogen (secondary N) is 1. The lowest BCUT2D eigenvalue weighted by molar-refractivity contribution is 0.0828. The van der Waals surface area contributed by atoms with Crippen molar-refractivity contribution in [3.8, 4) is 0 Å². The van der Waals surface area contributed by atoms with Gasteiger partial charge >= 0.3 is 6.09 Å². The van der Waals surface area contributed by atoms with Crippen molar-refractivity contribution in [1.82, 2.24) is 5.32 Å². The maximum Gasteiger partial charge on any atom is 0.407 e. The van der Waals surface area contributed by atoms with E-state index in [9.17, 15) is 4.79 Å². The van der Waals surface area contributed by atoms with E-state index in [1.54, 1.807) is 0 Å². The fourth-order valence-electron chi connectivity index (χ4n) is 1.63. The number of rotatable bonds is 7. The van der Waals surface area contributed by atoms with E-state index in [0.29, 0.717) is 0 Å². The second kappa shape index (κ2) is 8.37. The Labute approximate surface area is 106 Å². The highest BCUT2D eigenvalue weighted by Gasteiger charge is 2.17. The van der Waals surface area contributed by atoms with Crippen LogP contribution in [0.15, 0.2) is 0 Å². The van der Waals surface area contributed by atoms with Crippen LogP contribution in [0.4, 0.5) is 4.79 Å². The molecule has 0 aliphatic carbocycles. The van der Waals surface area contributed by atoms with Crippen LogP contribution >= 0.6 is 0 Å².